The highest BCUT2D eigenvalue weighted by Crippen LogP contribution is 2.23. The second-order valence-electron chi connectivity index (χ2n) is 4.06. The van der Waals surface area contributed by atoms with Crippen LogP contribution >= 0.6 is 22.9 Å². The molecule has 0 spiro atoms. The summed E-state index contributed by atoms with van der Waals surface area (Å²) in [6.07, 6.45) is 0.332. The monoisotopic (exact) mass is 304 g/mol. The van der Waals surface area contributed by atoms with E-state index >= 15 is 0 Å². The van der Waals surface area contributed by atoms with E-state index in [0.29, 0.717) is 23.7 Å². The van der Waals surface area contributed by atoms with Gasteiger partial charge < -0.3 is 11.1 Å². The summed E-state index contributed by atoms with van der Waals surface area (Å²) in [5.74, 6) is 5.57. The van der Waals surface area contributed by atoms with Gasteiger partial charge in [-0.05, 0) is 40.6 Å². The molecule has 102 valence electrons. The number of thiophene rings is 1. The predicted octanol–water partition coefficient (Wildman–Crippen LogP) is 2.89. The summed E-state index contributed by atoms with van der Waals surface area (Å²) in [7, 11) is 0. The third kappa shape index (κ3) is 4.10. The molecule has 3 N–H and O–H groups in total. The minimum Gasteiger partial charge on any atom is -0.324 e. The highest BCUT2D eigenvalue weighted by Gasteiger charge is 2.07. The Hall–Kier alpha value is -1.80. The van der Waals surface area contributed by atoms with Gasteiger partial charge >= 0.3 is 0 Å². The first kappa shape index (κ1) is 14.6. The van der Waals surface area contributed by atoms with Gasteiger partial charge in [0, 0.05) is 5.56 Å². The maximum atomic E-state index is 11.9. The number of hydrogen-bond donors (Lipinski definition) is 2. The molecule has 0 unspecified atom stereocenters. The topological polar surface area (TPSA) is 55.1 Å². The zero-order chi connectivity index (χ0) is 14.4. The van der Waals surface area contributed by atoms with Crippen molar-refractivity contribution >= 4 is 34.5 Å². The summed E-state index contributed by atoms with van der Waals surface area (Å²) in [4.78, 5) is 11.9. The first-order valence-corrected chi connectivity index (χ1v) is 7.30. The zero-order valence-electron chi connectivity index (χ0n) is 10.7. The Morgan fingerprint density at radius 1 is 1.40 bits per heavy atom. The summed E-state index contributed by atoms with van der Waals surface area (Å²) in [6.45, 7) is 0.294. The number of hydrogen-bond acceptors (Lipinski definition) is 3. The molecule has 3 nitrogen and oxygen atoms in total. The van der Waals surface area contributed by atoms with Gasteiger partial charge in [0.2, 0.25) is 5.91 Å². The third-order valence-electron chi connectivity index (χ3n) is 2.52. The van der Waals surface area contributed by atoms with Crippen LogP contribution in [0.15, 0.2) is 35.0 Å². The van der Waals surface area contributed by atoms with Crippen molar-refractivity contribution in [3.8, 4) is 11.8 Å². The molecule has 0 aliphatic carbocycles. The Labute approximate surface area is 126 Å². The fraction of sp³-hybridized carbons (Fsp3) is 0.133. The van der Waals surface area contributed by atoms with E-state index in [9.17, 15) is 4.79 Å². The Kier molecular flexibility index (Phi) is 5.19. The molecule has 2 rings (SSSR count). The molecule has 0 saturated heterocycles. The average Bonchev–Trinajstić information content (AvgIpc) is 2.92. The quantitative estimate of drug-likeness (QED) is 0.857. The van der Waals surface area contributed by atoms with Gasteiger partial charge in [0.15, 0.2) is 0 Å². The number of halogens is 1. The first-order chi connectivity index (χ1) is 9.69. The second-order valence-corrected chi connectivity index (χ2v) is 5.24. The SMILES string of the molecule is NCC#Cc1ccc(Cl)c(NC(=O)Cc2ccsc2)c1. The third-order valence-corrected chi connectivity index (χ3v) is 3.58. The number of carbonyl (C=O) groups excluding carboxylic acids is 1. The van der Waals surface area contributed by atoms with E-state index < -0.39 is 0 Å². The highest BCUT2D eigenvalue weighted by molar-refractivity contribution is 7.08. The van der Waals surface area contributed by atoms with Crippen molar-refractivity contribution in [3.05, 3.63) is 51.2 Å². The molecule has 0 radical (unpaired) electrons. The van der Waals surface area contributed by atoms with Gasteiger partial charge in [-0.3, -0.25) is 4.79 Å². The molecule has 2 aromatic rings. The molecule has 1 heterocycles. The molecule has 20 heavy (non-hydrogen) atoms. The van der Waals surface area contributed by atoms with Crippen molar-refractivity contribution in [2.75, 3.05) is 11.9 Å². The lowest BCUT2D eigenvalue weighted by Gasteiger charge is -2.07. The van der Waals surface area contributed by atoms with Crippen molar-refractivity contribution in [1.82, 2.24) is 0 Å². The Bertz CT molecular complexity index is 656. The molecule has 1 aromatic heterocycles. The summed E-state index contributed by atoms with van der Waals surface area (Å²) in [5.41, 5.74) is 7.66. The van der Waals surface area contributed by atoms with Crippen LogP contribution in [0.5, 0.6) is 0 Å². The number of benzene rings is 1. The van der Waals surface area contributed by atoms with E-state index in [-0.39, 0.29) is 5.91 Å². The van der Waals surface area contributed by atoms with Crippen molar-refractivity contribution < 1.29 is 4.79 Å². The van der Waals surface area contributed by atoms with E-state index in [1.54, 1.807) is 29.5 Å². The molecule has 0 aliphatic heterocycles. The number of nitrogens with two attached hydrogens (primary N) is 1. The van der Waals surface area contributed by atoms with Crippen LogP contribution in [0.4, 0.5) is 5.69 Å². The van der Waals surface area contributed by atoms with Crippen molar-refractivity contribution in [3.63, 3.8) is 0 Å². The lowest BCUT2D eigenvalue weighted by molar-refractivity contribution is -0.115. The van der Waals surface area contributed by atoms with Gasteiger partial charge in [-0.15, -0.1) is 0 Å². The van der Waals surface area contributed by atoms with Crippen LogP contribution in [0.25, 0.3) is 0 Å². The normalized spacial score (nSPS) is 9.70. The largest absolute Gasteiger partial charge is 0.324 e. The predicted molar refractivity (Wildman–Crippen MR) is 84.0 cm³/mol. The minimum atomic E-state index is -0.103. The molecule has 5 heteroatoms. The Balaban J connectivity index is 2.09. The molecule has 0 fully saturated rings. The van der Waals surface area contributed by atoms with Crippen LogP contribution < -0.4 is 11.1 Å². The van der Waals surface area contributed by atoms with Gasteiger partial charge in [0.05, 0.1) is 23.7 Å². The molecule has 0 aliphatic rings. The number of anilines is 1. The van der Waals surface area contributed by atoms with Crippen LogP contribution in [0.3, 0.4) is 0 Å². The van der Waals surface area contributed by atoms with Gasteiger partial charge in [0.25, 0.3) is 0 Å². The maximum Gasteiger partial charge on any atom is 0.228 e. The van der Waals surface area contributed by atoms with Gasteiger partial charge in [0.1, 0.15) is 0 Å². The van der Waals surface area contributed by atoms with Crippen LogP contribution in [0.2, 0.25) is 5.02 Å². The molecular formula is C15H13ClN2OS. The number of rotatable bonds is 3. The second kappa shape index (κ2) is 7.11. The zero-order valence-corrected chi connectivity index (χ0v) is 12.2. The van der Waals surface area contributed by atoms with Gasteiger partial charge in [-0.25, -0.2) is 0 Å². The Morgan fingerprint density at radius 2 is 2.25 bits per heavy atom. The van der Waals surface area contributed by atoms with Crippen molar-refractivity contribution in [1.29, 1.82) is 0 Å². The smallest absolute Gasteiger partial charge is 0.228 e. The number of amides is 1. The first-order valence-electron chi connectivity index (χ1n) is 5.98. The van der Waals surface area contributed by atoms with E-state index in [1.807, 2.05) is 16.8 Å². The summed E-state index contributed by atoms with van der Waals surface area (Å²) in [5, 5.41) is 7.18. The van der Waals surface area contributed by atoms with E-state index in [0.717, 1.165) is 11.1 Å². The van der Waals surface area contributed by atoms with Crippen LogP contribution in [-0.2, 0) is 11.2 Å². The summed E-state index contributed by atoms with van der Waals surface area (Å²) >= 11 is 7.64. The fourth-order valence-corrected chi connectivity index (χ4v) is 2.46. The van der Waals surface area contributed by atoms with E-state index in [4.69, 9.17) is 17.3 Å². The summed E-state index contributed by atoms with van der Waals surface area (Å²) < 4.78 is 0. The van der Waals surface area contributed by atoms with E-state index in [1.165, 1.54) is 0 Å². The number of carbonyl (C=O) groups is 1. The number of nitrogens with one attached hydrogen (secondary N) is 1. The molecule has 0 atom stereocenters. The molecule has 1 amide bonds. The van der Waals surface area contributed by atoms with Crippen molar-refractivity contribution in [2.24, 2.45) is 5.73 Å². The van der Waals surface area contributed by atoms with Crippen LogP contribution in [0.1, 0.15) is 11.1 Å². The summed E-state index contributed by atoms with van der Waals surface area (Å²) in [6, 6.07) is 7.17. The molecule has 1 aromatic carbocycles. The fourth-order valence-electron chi connectivity index (χ4n) is 1.62. The maximum absolute atomic E-state index is 11.9. The minimum absolute atomic E-state index is 0.103. The molecular weight excluding hydrogens is 292 g/mol. The molecule has 0 bridgehead atoms. The molecule has 0 saturated carbocycles. The van der Waals surface area contributed by atoms with Gasteiger partial charge in [-0.1, -0.05) is 23.4 Å². The van der Waals surface area contributed by atoms with E-state index in [2.05, 4.69) is 17.2 Å². The standard InChI is InChI=1S/C15H13ClN2OS/c16-13-4-3-11(2-1-6-17)8-14(13)18-15(19)9-12-5-7-20-10-12/h3-5,7-8,10H,6,9,17H2,(H,18,19). The van der Waals surface area contributed by atoms with Crippen molar-refractivity contribution in [2.45, 2.75) is 6.42 Å². The Morgan fingerprint density at radius 3 is 2.95 bits per heavy atom. The average molecular weight is 305 g/mol. The van der Waals surface area contributed by atoms with Crippen LogP contribution in [0, 0.1) is 11.8 Å². The lowest BCUT2D eigenvalue weighted by atomic mass is 10.2. The van der Waals surface area contributed by atoms with Gasteiger partial charge in [-0.2, -0.15) is 11.3 Å². The van der Waals surface area contributed by atoms with Crippen LogP contribution in [-0.4, -0.2) is 12.5 Å². The highest BCUT2D eigenvalue weighted by atomic mass is 35.5. The lowest BCUT2D eigenvalue weighted by Crippen LogP contribution is -2.14.